The van der Waals surface area contributed by atoms with Crippen LogP contribution in [0.5, 0.6) is 0 Å². The molecule has 2 heterocycles. The van der Waals surface area contributed by atoms with Crippen LogP contribution in [0.2, 0.25) is 0 Å². The first-order chi connectivity index (χ1) is 7.38. The van der Waals surface area contributed by atoms with Crippen molar-refractivity contribution in [2.45, 2.75) is 19.3 Å². The molecule has 1 amide bonds. The van der Waals surface area contributed by atoms with Crippen molar-refractivity contribution in [3.63, 3.8) is 0 Å². The number of amides is 1. The Hall–Kier alpha value is -0.220. The first-order valence-electron chi connectivity index (χ1n) is 5.95. The molecule has 15 heavy (non-hydrogen) atoms. The summed E-state index contributed by atoms with van der Waals surface area (Å²) in [6, 6.07) is 0. The molecular formula is C11H20N2OS. The first-order valence-corrected chi connectivity index (χ1v) is 7.10. The number of hydrogen-bond acceptors (Lipinski definition) is 3. The van der Waals surface area contributed by atoms with E-state index in [4.69, 9.17) is 0 Å². The fraction of sp³-hybridized carbons (Fsp3) is 0.909. The second kappa shape index (κ2) is 5.75. The van der Waals surface area contributed by atoms with E-state index in [0.717, 1.165) is 45.4 Å². The lowest BCUT2D eigenvalue weighted by Gasteiger charge is -2.27. The third-order valence-electron chi connectivity index (χ3n) is 3.22. The van der Waals surface area contributed by atoms with Gasteiger partial charge in [-0.2, -0.15) is 11.8 Å². The van der Waals surface area contributed by atoms with Crippen LogP contribution in [0.1, 0.15) is 19.3 Å². The largest absolute Gasteiger partial charge is 0.341 e. The summed E-state index contributed by atoms with van der Waals surface area (Å²) in [5.74, 6) is 3.08. The Balaban J connectivity index is 1.87. The van der Waals surface area contributed by atoms with Gasteiger partial charge in [-0.1, -0.05) is 0 Å². The summed E-state index contributed by atoms with van der Waals surface area (Å²) in [5.41, 5.74) is 0. The van der Waals surface area contributed by atoms with Crippen LogP contribution in [0.25, 0.3) is 0 Å². The fourth-order valence-electron chi connectivity index (χ4n) is 2.27. The Morgan fingerprint density at radius 1 is 1.20 bits per heavy atom. The predicted octanol–water partition coefficient (Wildman–Crippen LogP) is 0.952. The molecule has 86 valence electrons. The summed E-state index contributed by atoms with van der Waals surface area (Å²) in [6.45, 7) is 3.88. The van der Waals surface area contributed by atoms with Crippen LogP contribution in [-0.4, -0.2) is 48.5 Å². The molecule has 2 aliphatic rings. The Bertz CT molecular complexity index is 209. The van der Waals surface area contributed by atoms with Gasteiger partial charge in [0, 0.05) is 25.6 Å². The lowest BCUT2D eigenvalue weighted by Crippen LogP contribution is -2.39. The summed E-state index contributed by atoms with van der Waals surface area (Å²) < 4.78 is 0. The second-order valence-electron chi connectivity index (χ2n) is 4.32. The van der Waals surface area contributed by atoms with Gasteiger partial charge in [0.05, 0.1) is 0 Å². The van der Waals surface area contributed by atoms with Crippen molar-refractivity contribution in [2.75, 3.05) is 37.7 Å². The van der Waals surface area contributed by atoms with Gasteiger partial charge in [-0.05, 0) is 37.3 Å². The Morgan fingerprint density at radius 3 is 2.80 bits per heavy atom. The van der Waals surface area contributed by atoms with Crippen LogP contribution in [0, 0.1) is 5.92 Å². The molecule has 0 bridgehead atoms. The molecular weight excluding hydrogens is 208 g/mol. The monoisotopic (exact) mass is 228 g/mol. The molecule has 2 saturated heterocycles. The maximum absolute atomic E-state index is 12.2. The lowest BCUT2D eigenvalue weighted by atomic mass is 10.0. The molecule has 2 aliphatic heterocycles. The molecule has 4 heteroatoms. The first kappa shape index (κ1) is 11.3. The molecule has 0 radical (unpaired) electrons. The maximum atomic E-state index is 12.2. The average molecular weight is 228 g/mol. The van der Waals surface area contributed by atoms with Gasteiger partial charge in [-0.15, -0.1) is 0 Å². The van der Waals surface area contributed by atoms with E-state index in [9.17, 15) is 4.79 Å². The van der Waals surface area contributed by atoms with E-state index < -0.39 is 0 Å². The molecule has 0 atom stereocenters. The molecule has 0 saturated carbocycles. The van der Waals surface area contributed by atoms with Crippen LogP contribution in [-0.2, 0) is 4.79 Å². The number of nitrogens with zero attached hydrogens (tertiary/aromatic N) is 1. The lowest BCUT2D eigenvalue weighted by molar-refractivity contribution is -0.135. The Kier molecular flexibility index (Phi) is 4.32. The van der Waals surface area contributed by atoms with E-state index in [1.165, 1.54) is 11.5 Å². The normalized spacial score (nSPS) is 24.9. The number of carbonyl (C=O) groups excluding carboxylic acids is 1. The third kappa shape index (κ3) is 3.11. The number of nitrogens with one attached hydrogen (secondary N) is 1. The summed E-state index contributed by atoms with van der Waals surface area (Å²) in [4.78, 5) is 14.3. The molecule has 0 spiro atoms. The van der Waals surface area contributed by atoms with Gasteiger partial charge < -0.3 is 10.2 Å². The minimum absolute atomic E-state index is 0.323. The van der Waals surface area contributed by atoms with Gasteiger partial charge in [0.1, 0.15) is 0 Å². The third-order valence-corrected chi connectivity index (χ3v) is 4.27. The predicted molar refractivity (Wildman–Crippen MR) is 64.1 cm³/mol. The quantitative estimate of drug-likeness (QED) is 0.725. The van der Waals surface area contributed by atoms with Crippen molar-refractivity contribution in [2.24, 2.45) is 5.92 Å². The molecule has 2 fully saturated rings. The van der Waals surface area contributed by atoms with Gasteiger partial charge in [0.15, 0.2) is 0 Å². The van der Waals surface area contributed by atoms with Gasteiger partial charge in [0.25, 0.3) is 0 Å². The Morgan fingerprint density at radius 2 is 2.00 bits per heavy atom. The molecule has 0 aromatic rings. The number of thioether (sulfide) groups is 1. The van der Waals surface area contributed by atoms with Crippen LogP contribution in [0.15, 0.2) is 0 Å². The molecule has 0 unspecified atom stereocenters. The molecule has 0 aromatic carbocycles. The fourth-order valence-corrected chi connectivity index (χ4v) is 3.38. The van der Waals surface area contributed by atoms with E-state index in [1.54, 1.807) is 0 Å². The van der Waals surface area contributed by atoms with Crippen LogP contribution in [0.3, 0.4) is 0 Å². The second-order valence-corrected chi connectivity index (χ2v) is 5.54. The summed E-state index contributed by atoms with van der Waals surface area (Å²) in [6.07, 6.45) is 3.29. The van der Waals surface area contributed by atoms with E-state index in [-0.39, 0.29) is 0 Å². The highest BCUT2D eigenvalue weighted by molar-refractivity contribution is 7.99. The number of rotatable bonds is 1. The van der Waals surface area contributed by atoms with E-state index in [0.29, 0.717) is 11.8 Å². The van der Waals surface area contributed by atoms with Crippen LogP contribution >= 0.6 is 11.8 Å². The van der Waals surface area contributed by atoms with Crippen molar-refractivity contribution < 1.29 is 4.79 Å². The zero-order valence-corrected chi connectivity index (χ0v) is 10.0. The molecule has 0 aromatic heterocycles. The van der Waals surface area contributed by atoms with Gasteiger partial charge >= 0.3 is 0 Å². The summed E-state index contributed by atoms with van der Waals surface area (Å²) in [5, 5.41) is 3.34. The summed E-state index contributed by atoms with van der Waals surface area (Å²) in [7, 11) is 0. The molecule has 3 nitrogen and oxygen atoms in total. The van der Waals surface area contributed by atoms with Gasteiger partial charge in [0.2, 0.25) is 5.91 Å². The zero-order valence-electron chi connectivity index (χ0n) is 9.21. The number of hydrogen-bond donors (Lipinski definition) is 1. The average Bonchev–Trinajstić information content (AvgIpc) is 2.58. The van der Waals surface area contributed by atoms with Crippen molar-refractivity contribution in [1.29, 1.82) is 0 Å². The smallest absolute Gasteiger partial charge is 0.225 e. The van der Waals surface area contributed by atoms with Crippen molar-refractivity contribution in [3.05, 3.63) is 0 Å². The minimum Gasteiger partial charge on any atom is -0.341 e. The van der Waals surface area contributed by atoms with E-state index in [2.05, 4.69) is 10.2 Å². The van der Waals surface area contributed by atoms with Crippen molar-refractivity contribution >= 4 is 17.7 Å². The van der Waals surface area contributed by atoms with Gasteiger partial charge in [-0.3, -0.25) is 4.79 Å². The van der Waals surface area contributed by atoms with Gasteiger partial charge in [-0.25, -0.2) is 0 Å². The van der Waals surface area contributed by atoms with Crippen molar-refractivity contribution in [3.8, 4) is 0 Å². The van der Waals surface area contributed by atoms with Crippen LogP contribution in [0.4, 0.5) is 0 Å². The SMILES string of the molecule is O=C(C1CCSCC1)N1CCCNCC1. The molecule has 1 N–H and O–H groups in total. The topological polar surface area (TPSA) is 32.3 Å². The minimum atomic E-state index is 0.323. The Labute approximate surface area is 96.0 Å². The maximum Gasteiger partial charge on any atom is 0.225 e. The highest BCUT2D eigenvalue weighted by Crippen LogP contribution is 2.24. The standard InChI is InChI=1S/C11H20N2OS/c14-11(10-2-8-15-9-3-10)13-6-1-4-12-5-7-13/h10,12H,1-9H2. The highest BCUT2D eigenvalue weighted by atomic mass is 32.2. The van der Waals surface area contributed by atoms with Crippen molar-refractivity contribution in [1.82, 2.24) is 10.2 Å². The van der Waals surface area contributed by atoms with Crippen LogP contribution < -0.4 is 5.32 Å². The van der Waals surface area contributed by atoms with E-state index >= 15 is 0 Å². The molecule has 2 rings (SSSR count). The summed E-state index contributed by atoms with van der Waals surface area (Å²) >= 11 is 1.98. The zero-order chi connectivity index (χ0) is 10.5. The van der Waals surface area contributed by atoms with E-state index in [1.807, 2.05) is 11.8 Å². The molecule has 0 aliphatic carbocycles. The number of carbonyl (C=O) groups is 1. The highest BCUT2D eigenvalue weighted by Gasteiger charge is 2.26.